The Morgan fingerprint density at radius 1 is 1.12 bits per heavy atom. The molecule has 0 amide bonds. The van der Waals surface area contributed by atoms with Gasteiger partial charge in [-0.2, -0.15) is 0 Å². The predicted molar refractivity (Wildman–Crippen MR) is 58.1 cm³/mol. The maximum atomic E-state index is 10.1. The molecule has 92 valence electrons. The number of hydrogen-bond acceptors (Lipinski definition) is 4. The first-order valence-corrected chi connectivity index (χ1v) is 6.75. The van der Waals surface area contributed by atoms with E-state index in [1.165, 1.54) is 6.42 Å². The average Bonchev–Trinajstić information content (AvgIpc) is 2.00. The minimum Gasteiger partial charge on any atom is -0.726 e. The van der Waals surface area contributed by atoms with Gasteiger partial charge in [-0.25, -0.2) is 8.42 Å². The molecule has 0 radical (unpaired) electrons. The molecular formula is C10H21NaO4S. The fourth-order valence-electron chi connectivity index (χ4n) is 1.37. The summed E-state index contributed by atoms with van der Waals surface area (Å²) < 4.78 is 34.6. The van der Waals surface area contributed by atoms with E-state index in [1.54, 1.807) is 0 Å². The third-order valence-electron chi connectivity index (χ3n) is 2.32. The fraction of sp³-hybridized carbons (Fsp3) is 1.00. The second kappa shape index (κ2) is 9.85. The first kappa shape index (κ1) is 19.2. The van der Waals surface area contributed by atoms with Gasteiger partial charge >= 0.3 is 29.6 Å². The zero-order chi connectivity index (χ0) is 11.9. The third kappa shape index (κ3) is 14.9. The molecule has 0 aliphatic heterocycles. The minimum atomic E-state index is -4.50. The minimum absolute atomic E-state index is 0. The van der Waals surface area contributed by atoms with Gasteiger partial charge in [0.1, 0.15) is 0 Å². The third-order valence-corrected chi connectivity index (χ3v) is 2.77. The maximum absolute atomic E-state index is 10.1. The second-order valence-corrected chi connectivity index (χ2v) is 5.50. The molecule has 0 bridgehead atoms. The van der Waals surface area contributed by atoms with E-state index in [0.29, 0.717) is 18.3 Å². The van der Waals surface area contributed by atoms with Gasteiger partial charge < -0.3 is 4.55 Å². The normalized spacial score (nSPS) is 13.6. The summed E-state index contributed by atoms with van der Waals surface area (Å²) in [6, 6.07) is 0. The predicted octanol–water partition coefficient (Wildman–Crippen LogP) is -0.680. The molecule has 0 fully saturated rings. The van der Waals surface area contributed by atoms with Crippen molar-refractivity contribution in [2.24, 2.45) is 11.8 Å². The van der Waals surface area contributed by atoms with E-state index in [0.717, 1.165) is 12.8 Å². The monoisotopic (exact) mass is 260 g/mol. The molecule has 1 atom stereocenters. The standard InChI is InChI=1S/C10H22O4S.Na/c1-9(2)5-4-6-10(3)7-8-14-15(11,12)13;/h9-10H,4-8H2,1-3H3,(H,11,12,13);/q;+1/p-1. The Morgan fingerprint density at radius 3 is 2.12 bits per heavy atom. The summed E-state index contributed by atoms with van der Waals surface area (Å²) in [5, 5.41) is 0. The van der Waals surface area contributed by atoms with Crippen molar-refractivity contribution in [3.05, 3.63) is 0 Å². The van der Waals surface area contributed by atoms with Gasteiger partial charge in [-0.3, -0.25) is 4.18 Å². The van der Waals surface area contributed by atoms with E-state index in [2.05, 4.69) is 18.0 Å². The molecule has 0 spiro atoms. The summed E-state index contributed by atoms with van der Waals surface area (Å²) in [4.78, 5) is 0. The molecule has 0 aromatic carbocycles. The van der Waals surface area contributed by atoms with E-state index in [-0.39, 0.29) is 36.2 Å². The van der Waals surface area contributed by atoms with Crippen molar-refractivity contribution < 1.29 is 46.7 Å². The molecule has 6 heteroatoms. The van der Waals surface area contributed by atoms with Gasteiger partial charge in [-0.1, -0.05) is 40.0 Å². The molecule has 0 saturated heterocycles. The number of hydrogen-bond donors (Lipinski definition) is 0. The van der Waals surface area contributed by atoms with Crippen molar-refractivity contribution >= 4 is 10.4 Å². The Hall–Kier alpha value is 0.870. The summed E-state index contributed by atoms with van der Waals surface area (Å²) in [6.07, 6.45) is 4.01. The van der Waals surface area contributed by atoms with Crippen molar-refractivity contribution in [1.29, 1.82) is 0 Å². The topological polar surface area (TPSA) is 66.4 Å². The SMILES string of the molecule is CC(C)CCCC(C)CCOS(=O)(=O)[O-].[Na+]. The van der Waals surface area contributed by atoms with Gasteiger partial charge in [-0.05, 0) is 18.3 Å². The van der Waals surface area contributed by atoms with Crippen LogP contribution in [0.1, 0.15) is 46.5 Å². The molecule has 0 aliphatic rings. The molecule has 0 heterocycles. The van der Waals surface area contributed by atoms with Crippen LogP contribution in [0.2, 0.25) is 0 Å². The van der Waals surface area contributed by atoms with Gasteiger partial charge in [0.25, 0.3) is 0 Å². The van der Waals surface area contributed by atoms with Gasteiger partial charge in [0.05, 0.1) is 6.61 Å². The zero-order valence-electron chi connectivity index (χ0n) is 10.7. The van der Waals surface area contributed by atoms with Crippen LogP contribution in [0.3, 0.4) is 0 Å². The van der Waals surface area contributed by atoms with Crippen LogP contribution in [0, 0.1) is 11.8 Å². The zero-order valence-corrected chi connectivity index (χ0v) is 13.5. The van der Waals surface area contributed by atoms with E-state index >= 15 is 0 Å². The maximum Gasteiger partial charge on any atom is 1.00 e. The van der Waals surface area contributed by atoms with E-state index < -0.39 is 10.4 Å². The Labute approximate surface area is 121 Å². The Kier molecular flexibility index (Phi) is 11.8. The van der Waals surface area contributed by atoms with Crippen LogP contribution < -0.4 is 29.6 Å². The second-order valence-electron chi connectivity index (χ2n) is 4.45. The van der Waals surface area contributed by atoms with E-state index in [9.17, 15) is 13.0 Å². The van der Waals surface area contributed by atoms with Gasteiger partial charge in [0.2, 0.25) is 10.4 Å². The molecule has 0 aromatic rings. The molecule has 0 rings (SSSR count). The van der Waals surface area contributed by atoms with Gasteiger partial charge in [0, 0.05) is 0 Å². The Bertz CT molecular complexity index is 252. The largest absolute Gasteiger partial charge is 1.00 e. The van der Waals surface area contributed by atoms with Crippen molar-refractivity contribution in [3.63, 3.8) is 0 Å². The molecule has 0 N–H and O–H groups in total. The van der Waals surface area contributed by atoms with Crippen LogP contribution in [0.15, 0.2) is 0 Å². The number of rotatable bonds is 8. The first-order valence-electron chi connectivity index (χ1n) is 5.41. The first-order chi connectivity index (χ1) is 6.81. The summed E-state index contributed by atoms with van der Waals surface area (Å²) in [5.74, 6) is 1.11. The van der Waals surface area contributed by atoms with Crippen LogP contribution in [0.5, 0.6) is 0 Å². The van der Waals surface area contributed by atoms with Crippen molar-refractivity contribution in [3.8, 4) is 0 Å². The van der Waals surface area contributed by atoms with Crippen LogP contribution in [-0.4, -0.2) is 19.6 Å². The average molecular weight is 260 g/mol. The van der Waals surface area contributed by atoms with Gasteiger partial charge in [0.15, 0.2) is 0 Å². The summed E-state index contributed by atoms with van der Waals surface area (Å²) in [6.45, 7) is 6.41. The van der Waals surface area contributed by atoms with Gasteiger partial charge in [-0.15, -0.1) is 0 Å². The van der Waals surface area contributed by atoms with Crippen LogP contribution in [0.4, 0.5) is 0 Å². The van der Waals surface area contributed by atoms with Crippen LogP contribution in [-0.2, 0) is 14.6 Å². The van der Waals surface area contributed by atoms with Crippen molar-refractivity contribution in [2.45, 2.75) is 46.5 Å². The summed E-state index contributed by atoms with van der Waals surface area (Å²) >= 11 is 0. The Morgan fingerprint density at radius 2 is 1.69 bits per heavy atom. The van der Waals surface area contributed by atoms with E-state index in [4.69, 9.17) is 0 Å². The van der Waals surface area contributed by atoms with Crippen LogP contribution in [0.25, 0.3) is 0 Å². The van der Waals surface area contributed by atoms with Crippen molar-refractivity contribution in [1.82, 2.24) is 0 Å². The smallest absolute Gasteiger partial charge is 0.726 e. The van der Waals surface area contributed by atoms with Crippen molar-refractivity contribution in [2.75, 3.05) is 6.61 Å². The quantitative estimate of drug-likeness (QED) is 0.329. The molecule has 16 heavy (non-hydrogen) atoms. The summed E-state index contributed by atoms with van der Waals surface area (Å²) in [7, 11) is -4.50. The summed E-state index contributed by atoms with van der Waals surface area (Å²) in [5.41, 5.74) is 0. The molecule has 0 aromatic heterocycles. The molecule has 0 saturated carbocycles. The van der Waals surface area contributed by atoms with E-state index in [1.807, 2.05) is 6.92 Å². The van der Waals surface area contributed by atoms with Crippen LogP contribution >= 0.6 is 0 Å². The molecule has 1 unspecified atom stereocenters. The molecule has 0 aliphatic carbocycles. The molecular weight excluding hydrogens is 239 g/mol. The Balaban J connectivity index is 0. The fourth-order valence-corrected chi connectivity index (χ4v) is 1.67. The molecule has 4 nitrogen and oxygen atoms in total.